The van der Waals surface area contributed by atoms with Gasteiger partial charge >= 0.3 is 6.03 Å². The average Bonchev–Trinajstić information content (AvgIpc) is 3.49. The molecule has 10 heteroatoms. The molecule has 5 rings (SSSR count). The molecule has 1 aliphatic heterocycles. The third kappa shape index (κ3) is 4.01. The van der Waals surface area contributed by atoms with Gasteiger partial charge in [0.2, 0.25) is 0 Å². The predicted octanol–water partition coefficient (Wildman–Crippen LogP) is 4.46. The molecule has 1 aliphatic carbocycles. The van der Waals surface area contributed by atoms with Gasteiger partial charge in [-0.15, -0.1) is 0 Å². The van der Waals surface area contributed by atoms with Crippen LogP contribution in [0.4, 0.5) is 23.8 Å². The molecule has 1 saturated carbocycles. The number of rotatable bonds is 4. The minimum Gasteiger partial charge on any atom is -0.490 e. The van der Waals surface area contributed by atoms with Crippen molar-refractivity contribution < 1.29 is 27.4 Å². The van der Waals surface area contributed by atoms with Crippen molar-refractivity contribution in [3.8, 4) is 23.3 Å². The number of hydrogen-bond acceptors (Lipinski definition) is 5. The first-order valence-corrected chi connectivity index (χ1v) is 9.96. The molecule has 2 heterocycles. The van der Waals surface area contributed by atoms with E-state index < -0.39 is 29.5 Å². The molecule has 1 fully saturated rings. The molecule has 1 unspecified atom stereocenters. The number of fused-ring (bicyclic) bond motifs is 3. The van der Waals surface area contributed by atoms with E-state index >= 15 is 0 Å². The number of urea groups is 1. The summed E-state index contributed by atoms with van der Waals surface area (Å²) in [6.07, 6.45) is 1.33. The zero-order valence-corrected chi connectivity index (χ0v) is 16.8. The zero-order valence-electron chi connectivity index (χ0n) is 16.8. The predicted molar refractivity (Wildman–Crippen MR) is 109 cm³/mol. The van der Waals surface area contributed by atoms with Gasteiger partial charge in [0.15, 0.2) is 11.6 Å². The molecule has 2 N–H and O–H groups in total. The molecule has 2 amide bonds. The lowest BCUT2D eigenvalue weighted by atomic mass is 10.0. The van der Waals surface area contributed by atoms with Gasteiger partial charge in [-0.1, -0.05) is 0 Å². The number of amides is 2. The van der Waals surface area contributed by atoms with Crippen molar-refractivity contribution in [1.82, 2.24) is 10.3 Å². The van der Waals surface area contributed by atoms with E-state index in [-0.39, 0.29) is 52.6 Å². The zero-order chi connectivity index (χ0) is 23.1. The fourth-order valence-corrected chi connectivity index (χ4v) is 4.00. The maximum atomic E-state index is 14.2. The van der Waals surface area contributed by atoms with E-state index in [2.05, 4.69) is 15.6 Å². The first-order chi connectivity index (χ1) is 15.9. The van der Waals surface area contributed by atoms with Crippen molar-refractivity contribution in [2.24, 2.45) is 5.92 Å². The van der Waals surface area contributed by atoms with Crippen LogP contribution in [0.15, 0.2) is 48.7 Å². The van der Waals surface area contributed by atoms with Gasteiger partial charge in [-0.2, -0.15) is 5.26 Å². The molecule has 1 aromatic heterocycles. The summed E-state index contributed by atoms with van der Waals surface area (Å²) >= 11 is 0. The van der Waals surface area contributed by atoms with Crippen molar-refractivity contribution in [3.05, 3.63) is 77.2 Å². The molecular weight excluding hydrogens is 437 g/mol. The quantitative estimate of drug-likeness (QED) is 0.610. The number of ether oxygens (including phenoxy) is 2. The Labute approximate surface area is 185 Å². The molecule has 0 spiro atoms. The highest BCUT2D eigenvalue weighted by Gasteiger charge is 2.57. The Balaban J connectivity index is 1.21. The Morgan fingerprint density at radius 3 is 2.70 bits per heavy atom. The summed E-state index contributed by atoms with van der Waals surface area (Å²) in [7, 11) is 0. The lowest BCUT2D eigenvalue weighted by molar-refractivity contribution is 0.247. The molecule has 0 radical (unpaired) electrons. The van der Waals surface area contributed by atoms with Crippen LogP contribution in [0.5, 0.6) is 17.2 Å². The summed E-state index contributed by atoms with van der Waals surface area (Å²) in [5.74, 6) is -1.78. The van der Waals surface area contributed by atoms with Gasteiger partial charge in [0.25, 0.3) is 0 Å². The summed E-state index contributed by atoms with van der Waals surface area (Å²) in [5.41, 5.74) is 0.261. The Kier molecular flexibility index (Phi) is 5.01. The second kappa shape index (κ2) is 8.02. The van der Waals surface area contributed by atoms with Crippen LogP contribution in [0.1, 0.15) is 17.0 Å². The smallest absolute Gasteiger partial charge is 0.320 e. The summed E-state index contributed by atoms with van der Waals surface area (Å²) < 4.78 is 52.5. The third-order valence-corrected chi connectivity index (χ3v) is 5.53. The van der Waals surface area contributed by atoms with Crippen molar-refractivity contribution >= 4 is 11.8 Å². The fourth-order valence-electron chi connectivity index (χ4n) is 4.00. The molecule has 2 aliphatic rings. The van der Waals surface area contributed by atoms with Crippen LogP contribution in [0.25, 0.3) is 0 Å². The standard InChI is InChI=1S/C23H15F3N4O3/c24-12-5-11(8-27)6-14(7-12)33-13-1-4-18(28-9-13)29-23(31)30-21-15-10-32-22-17(26)3-2-16(25)20(22)19(15)21/h1-7,9,15,19,21H,10H2,(H2,28,29,30,31)/t15-,19-,21?/m0/s1. The minimum absolute atomic E-state index is 0.0987. The number of anilines is 1. The highest BCUT2D eigenvalue weighted by molar-refractivity contribution is 5.89. The van der Waals surface area contributed by atoms with E-state index in [9.17, 15) is 18.0 Å². The van der Waals surface area contributed by atoms with Gasteiger partial charge in [0.05, 0.1) is 24.4 Å². The highest BCUT2D eigenvalue weighted by atomic mass is 19.1. The average molecular weight is 452 g/mol. The van der Waals surface area contributed by atoms with Crippen molar-refractivity contribution in [2.45, 2.75) is 12.0 Å². The second-order valence-corrected chi connectivity index (χ2v) is 7.67. The normalized spacial score (nSPS) is 19.9. The molecule has 7 nitrogen and oxygen atoms in total. The Bertz CT molecular complexity index is 1290. The second-order valence-electron chi connectivity index (χ2n) is 7.67. The Morgan fingerprint density at radius 1 is 1.12 bits per heavy atom. The van der Waals surface area contributed by atoms with Crippen LogP contribution in [0.3, 0.4) is 0 Å². The van der Waals surface area contributed by atoms with Gasteiger partial charge in [-0.3, -0.25) is 5.32 Å². The highest BCUT2D eigenvalue weighted by Crippen LogP contribution is 2.55. The number of carbonyl (C=O) groups is 1. The van der Waals surface area contributed by atoms with Crippen LogP contribution in [-0.4, -0.2) is 23.7 Å². The number of nitriles is 1. The number of carbonyl (C=O) groups excluding carboxylic acids is 1. The first kappa shape index (κ1) is 20.6. The summed E-state index contributed by atoms with van der Waals surface area (Å²) in [6, 6.07) is 9.54. The number of aromatic nitrogens is 1. The summed E-state index contributed by atoms with van der Waals surface area (Å²) in [5, 5.41) is 14.2. The molecule has 0 bridgehead atoms. The van der Waals surface area contributed by atoms with Crippen molar-refractivity contribution in [1.29, 1.82) is 5.26 Å². The molecule has 33 heavy (non-hydrogen) atoms. The number of hydrogen-bond donors (Lipinski definition) is 2. The van der Waals surface area contributed by atoms with Gasteiger partial charge in [-0.05, 0) is 36.4 Å². The topological polar surface area (TPSA) is 96.3 Å². The van der Waals surface area contributed by atoms with Crippen LogP contribution in [0.2, 0.25) is 0 Å². The number of halogens is 3. The van der Waals surface area contributed by atoms with E-state index in [4.69, 9.17) is 14.7 Å². The van der Waals surface area contributed by atoms with E-state index in [0.29, 0.717) is 0 Å². The largest absolute Gasteiger partial charge is 0.490 e. The third-order valence-electron chi connectivity index (χ3n) is 5.53. The van der Waals surface area contributed by atoms with E-state index in [1.54, 1.807) is 0 Å². The summed E-state index contributed by atoms with van der Waals surface area (Å²) in [4.78, 5) is 16.4. The fraction of sp³-hybridized carbons (Fsp3) is 0.174. The van der Waals surface area contributed by atoms with Crippen LogP contribution in [-0.2, 0) is 0 Å². The van der Waals surface area contributed by atoms with Crippen LogP contribution >= 0.6 is 0 Å². The maximum absolute atomic E-state index is 14.2. The van der Waals surface area contributed by atoms with Crippen LogP contribution in [0, 0.1) is 34.7 Å². The van der Waals surface area contributed by atoms with E-state index in [1.165, 1.54) is 24.4 Å². The molecule has 3 aromatic rings. The Hall–Kier alpha value is -4.26. The van der Waals surface area contributed by atoms with Gasteiger partial charge in [0.1, 0.15) is 29.0 Å². The molecule has 3 atom stereocenters. The number of benzene rings is 2. The van der Waals surface area contributed by atoms with Crippen molar-refractivity contribution in [2.75, 3.05) is 11.9 Å². The number of nitrogens with one attached hydrogen (secondary N) is 2. The van der Waals surface area contributed by atoms with Gasteiger partial charge in [-0.25, -0.2) is 22.9 Å². The minimum atomic E-state index is -0.631. The van der Waals surface area contributed by atoms with Gasteiger partial charge in [0, 0.05) is 29.5 Å². The Morgan fingerprint density at radius 2 is 1.94 bits per heavy atom. The number of nitrogens with zero attached hydrogens (tertiary/aromatic N) is 2. The lowest BCUT2D eigenvalue weighted by Gasteiger charge is -2.16. The number of pyridine rings is 1. The molecule has 166 valence electrons. The van der Waals surface area contributed by atoms with E-state index in [0.717, 1.165) is 24.3 Å². The summed E-state index contributed by atoms with van der Waals surface area (Å²) in [6.45, 7) is 0.181. The van der Waals surface area contributed by atoms with Crippen LogP contribution < -0.4 is 20.1 Å². The molecule has 0 saturated heterocycles. The SMILES string of the molecule is N#Cc1cc(F)cc(Oc2ccc(NC(=O)NC3[C@H]4COc5c(F)ccc(F)c5[C@@H]34)nc2)c1. The first-order valence-electron chi connectivity index (χ1n) is 9.96. The van der Waals surface area contributed by atoms with Gasteiger partial charge < -0.3 is 14.8 Å². The lowest BCUT2D eigenvalue weighted by Crippen LogP contribution is -2.32. The monoisotopic (exact) mass is 452 g/mol. The van der Waals surface area contributed by atoms with Crippen molar-refractivity contribution in [3.63, 3.8) is 0 Å². The maximum Gasteiger partial charge on any atom is 0.320 e. The molecule has 2 aromatic carbocycles. The molecular formula is C23H15F3N4O3. The van der Waals surface area contributed by atoms with E-state index in [1.807, 2.05) is 6.07 Å².